The fourth-order valence-corrected chi connectivity index (χ4v) is 4.22. The second-order valence-corrected chi connectivity index (χ2v) is 7.98. The molecule has 0 spiro atoms. The van der Waals surface area contributed by atoms with E-state index in [-0.39, 0.29) is 30.3 Å². The van der Waals surface area contributed by atoms with Crippen molar-refractivity contribution in [1.29, 1.82) is 0 Å². The first-order valence-electron chi connectivity index (χ1n) is 10.6. The summed E-state index contributed by atoms with van der Waals surface area (Å²) < 4.78 is 0. The first-order valence-corrected chi connectivity index (χ1v) is 10.6. The van der Waals surface area contributed by atoms with Crippen molar-refractivity contribution in [3.8, 4) is 0 Å². The first kappa shape index (κ1) is 20.1. The molecule has 0 aromatic heterocycles. The zero-order valence-electron chi connectivity index (χ0n) is 17.0. The van der Waals surface area contributed by atoms with E-state index in [4.69, 9.17) is 0 Å². The quantitative estimate of drug-likeness (QED) is 0.719. The third-order valence-corrected chi connectivity index (χ3v) is 5.86. The van der Waals surface area contributed by atoms with Crippen LogP contribution >= 0.6 is 0 Å². The Morgan fingerprint density at radius 1 is 1.00 bits per heavy atom. The Bertz CT molecular complexity index is 911. The van der Waals surface area contributed by atoms with Crippen molar-refractivity contribution in [2.45, 2.75) is 38.3 Å². The van der Waals surface area contributed by atoms with E-state index in [0.29, 0.717) is 25.2 Å². The van der Waals surface area contributed by atoms with Gasteiger partial charge in [0.25, 0.3) is 5.91 Å². The van der Waals surface area contributed by atoms with Gasteiger partial charge in [0.15, 0.2) is 0 Å². The fraction of sp³-hybridized carbons (Fsp3) is 0.375. The van der Waals surface area contributed by atoms with Gasteiger partial charge in [-0.25, -0.2) is 0 Å². The molecule has 1 unspecified atom stereocenters. The summed E-state index contributed by atoms with van der Waals surface area (Å²) in [6.07, 6.45) is 3.47. The Hall–Kier alpha value is -3.15. The van der Waals surface area contributed by atoms with Crippen LogP contribution in [-0.4, -0.2) is 53.2 Å². The Morgan fingerprint density at radius 2 is 1.77 bits per heavy atom. The van der Waals surface area contributed by atoms with Crippen LogP contribution in [0.3, 0.4) is 0 Å². The van der Waals surface area contributed by atoms with Gasteiger partial charge in [0, 0.05) is 25.2 Å². The van der Waals surface area contributed by atoms with Crippen LogP contribution < -0.4 is 5.32 Å². The highest BCUT2D eigenvalue weighted by atomic mass is 16.2. The molecule has 2 aliphatic rings. The largest absolute Gasteiger partial charge is 0.352 e. The summed E-state index contributed by atoms with van der Waals surface area (Å²) in [7, 11) is 0. The minimum Gasteiger partial charge on any atom is -0.352 e. The molecule has 156 valence electrons. The maximum absolute atomic E-state index is 12.6. The molecule has 6 nitrogen and oxygen atoms in total. The number of carbonyl (C=O) groups is 3. The summed E-state index contributed by atoms with van der Waals surface area (Å²) in [6.45, 7) is 1.85. The zero-order chi connectivity index (χ0) is 20.9. The molecule has 2 aromatic carbocycles. The smallest absolute Gasteiger partial charge is 0.251 e. The summed E-state index contributed by atoms with van der Waals surface area (Å²) in [5.74, 6) is -0.0311. The summed E-state index contributed by atoms with van der Waals surface area (Å²) in [5.41, 5.74) is 2.78. The molecular weight excluding hydrogens is 378 g/mol. The number of aryl methyl sites for hydroxylation is 1. The van der Waals surface area contributed by atoms with Crippen molar-refractivity contribution in [3.63, 3.8) is 0 Å². The van der Waals surface area contributed by atoms with Crippen molar-refractivity contribution in [2.75, 3.05) is 19.6 Å². The van der Waals surface area contributed by atoms with E-state index < -0.39 is 0 Å². The third-order valence-electron chi connectivity index (χ3n) is 5.86. The van der Waals surface area contributed by atoms with Crippen molar-refractivity contribution in [2.24, 2.45) is 0 Å². The monoisotopic (exact) mass is 405 g/mol. The van der Waals surface area contributed by atoms with Gasteiger partial charge in [0.05, 0.1) is 0 Å². The fourth-order valence-electron chi connectivity index (χ4n) is 4.22. The van der Waals surface area contributed by atoms with Gasteiger partial charge in [-0.15, -0.1) is 0 Å². The summed E-state index contributed by atoms with van der Waals surface area (Å²) in [5, 5.41) is 2.95. The molecule has 4 rings (SSSR count). The van der Waals surface area contributed by atoms with Gasteiger partial charge in [-0.3, -0.25) is 14.4 Å². The van der Waals surface area contributed by atoms with Crippen molar-refractivity contribution in [3.05, 3.63) is 71.3 Å². The van der Waals surface area contributed by atoms with Crippen molar-refractivity contribution in [1.82, 2.24) is 15.1 Å². The standard InChI is InChI=1S/C24H27N3O3/c28-22-17-26(24(30)21-9-5-15-27(21)22)16-19-10-12-20(13-11-19)23(29)25-14-4-8-18-6-2-1-3-7-18/h1-3,6-7,10-13,21H,4-5,8-9,14-17H2,(H,25,29). The number of fused-ring (bicyclic) bond motifs is 1. The van der Waals surface area contributed by atoms with Gasteiger partial charge >= 0.3 is 0 Å². The number of hydrogen-bond acceptors (Lipinski definition) is 3. The van der Waals surface area contributed by atoms with Crippen LogP contribution in [0.5, 0.6) is 0 Å². The van der Waals surface area contributed by atoms with Crippen molar-refractivity contribution < 1.29 is 14.4 Å². The number of benzene rings is 2. The first-order chi connectivity index (χ1) is 14.6. The molecule has 3 amide bonds. The number of nitrogens with zero attached hydrogens (tertiary/aromatic N) is 2. The van der Waals surface area contributed by atoms with E-state index >= 15 is 0 Å². The topological polar surface area (TPSA) is 69.7 Å². The summed E-state index contributed by atoms with van der Waals surface area (Å²) in [4.78, 5) is 40.6. The van der Waals surface area contributed by atoms with E-state index in [0.717, 1.165) is 31.2 Å². The molecule has 1 atom stereocenters. The van der Waals surface area contributed by atoms with Gasteiger partial charge in [-0.2, -0.15) is 0 Å². The number of hydrogen-bond donors (Lipinski definition) is 1. The summed E-state index contributed by atoms with van der Waals surface area (Å²) in [6, 6.07) is 17.2. The molecule has 2 saturated heterocycles. The third kappa shape index (κ3) is 4.53. The Labute approximate surface area is 176 Å². The van der Waals surface area contributed by atoms with Gasteiger partial charge in [0.1, 0.15) is 12.6 Å². The minimum atomic E-state index is -0.285. The normalized spacial score (nSPS) is 18.5. The SMILES string of the molecule is O=C(NCCCc1ccccc1)c1ccc(CN2CC(=O)N3CCCC3C2=O)cc1. The second-order valence-electron chi connectivity index (χ2n) is 7.98. The van der Waals surface area contributed by atoms with Crippen LogP contribution in [0.1, 0.15) is 40.7 Å². The molecule has 2 aromatic rings. The predicted molar refractivity (Wildman–Crippen MR) is 114 cm³/mol. The average Bonchev–Trinajstić information content (AvgIpc) is 3.27. The second kappa shape index (κ2) is 9.11. The molecule has 0 radical (unpaired) electrons. The number of piperazine rings is 1. The number of amides is 3. The predicted octanol–water partition coefficient (Wildman–Crippen LogP) is 2.38. The van der Waals surface area contributed by atoms with Gasteiger partial charge < -0.3 is 15.1 Å². The molecule has 2 fully saturated rings. The van der Waals surface area contributed by atoms with Gasteiger partial charge in [-0.1, -0.05) is 42.5 Å². The molecule has 2 heterocycles. The summed E-state index contributed by atoms with van der Waals surface area (Å²) >= 11 is 0. The van der Waals surface area contributed by atoms with Gasteiger partial charge in [0.2, 0.25) is 11.8 Å². The molecular formula is C24H27N3O3. The van der Waals surface area contributed by atoms with Crippen LogP contribution in [0.25, 0.3) is 0 Å². The number of nitrogens with one attached hydrogen (secondary N) is 1. The van der Waals surface area contributed by atoms with E-state index in [1.54, 1.807) is 21.9 Å². The molecule has 0 saturated carbocycles. The van der Waals surface area contributed by atoms with Crippen LogP contribution in [-0.2, 0) is 22.6 Å². The lowest BCUT2D eigenvalue weighted by molar-refractivity contribution is -0.154. The highest BCUT2D eigenvalue weighted by Crippen LogP contribution is 2.24. The van der Waals surface area contributed by atoms with Crippen molar-refractivity contribution >= 4 is 17.7 Å². The molecule has 2 aliphatic heterocycles. The Morgan fingerprint density at radius 3 is 2.53 bits per heavy atom. The highest BCUT2D eigenvalue weighted by molar-refractivity contribution is 5.95. The maximum Gasteiger partial charge on any atom is 0.251 e. The van der Waals surface area contributed by atoms with E-state index in [1.807, 2.05) is 30.3 Å². The van der Waals surface area contributed by atoms with Crippen LogP contribution in [0.2, 0.25) is 0 Å². The maximum atomic E-state index is 12.6. The van der Waals surface area contributed by atoms with Crippen LogP contribution in [0.15, 0.2) is 54.6 Å². The molecule has 1 N–H and O–H groups in total. The van der Waals surface area contributed by atoms with E-state index in [2.05, 4.69) is 17.4 Å². The highest BCUT2D eigenvalue weighted by Gasteiger charge is 2.41. The van der Waals surface area contributed by atoms with Crippen LogP contribution in [0.4, 0.5) is 0 Å². The van der Waals surface area contributed by atoms with E-state index in [1.165, 1.54) is 5.56 Å². The number of rotatable bonds is 7. The Kier molecular flexibility index (Phi) is 6.12. The van der Waals surface area contributed by atoms with Gasteiger partial charge in [-0.05, 0) is 48.9 Å². The Balaban J connectivity index is 1.27. The average molecular weight is 405 g/mol. The molecule has 0 bridgehead atoms. The lowest BCUT2D eigenvalue weighted by Gasteiger charge is -2.36. The lowest BCUT2D eigenvalue weighted by Crippen LogP contribution is -2.56. The lowest BCUT2D eigenvalue weighted by atomic mass is 10.1. The van der Waals surface area contributed by atoms with Crippen LogP contribution in [0, 0.1) is 0 Å². The molecule has 0 aliphatic carbocycles. The number of carbonyl (C=O) groups excluding carboxylic acids is 3. The molecule has 6 heteroatoms. The zero-order valence-corrected chi connectivity index (χ0v) is 17.0. The van der Waals surface area contributed by atoms with E-state index in [9.17, 15) is 14.4 Å². The minimum absolute atomic E-state index is 0.0311. The molecule has 30 heavy (non-hydrogen) atoms.